The van der Waals surface area contributed by atoms with Crippen molar-refractivity contribution < 1.29 is 4.74 Å². The summed E-state index contributed by atoms with van der Waals surface area (Å²) in [7, 11) is 1.55. The summed E-state index contributed by atoms with van der Waals surface area (Å²) in [5.74, 6) is 0. The van der Waals surface area contributed by atoms with E-state index in [0.717, 1.165) is 0 Å². The van der Waals surface area contributed by atoms with Crippen LogP contribution in [0.15, 0.2) is 21.4 Å². The summed E-state index contributed by atoms with van der Waals surface area (Å²) in [5, 5.41) is 1.20. The van der Waals surface area contributed by atoms with E-state index in [9.17, 15) is 4.79 Å². The Balaban J connectivity index is 2.83. The molecule has 1 aromatic carbocycles. The van der Waals surface area contributed by atoms with Gasteiger partial charge in [-0.2, -0.15) is 0 Å². The van der Waals surface area contributed by atoms with Gasteiger partial charge in [0.15, 0.2) is 5.43 Å². The molecule has 2 rings (SSSR count). The number of H-pyrrole nitrogens is 1. The van der Waals surface area contributed by atoms with E-state index in [2.05, 4.69) is 20.9 Å². The lowest BCUT2D eigenvalue weighted by atomic mass is 10.2. The highest BCUT2D eigenvalue weighted by molar-refractivity contribution is 9.10. The molecule has 2 aromatic rings. The molecule has 0 aliphatic carbocycles. The van der Waals surface area contributed by atoms with Crippen LogP contribution in [0.5, 0.6) is 0 Å². The molecule has 0 spiro atoms. The van der Waals surface area contributed by atoms with Crippen LogP contribution in [-0.2, 0) is 11.3 Å². The number of aromatic nitrogens is 1. The second-order valence-corrected chi connectivity index (χ2v) is 5.11. The summed E-state index contributed by atoms with van der Waals surface area (Å²) >= 11 is 15.4. The van der Waals surface area contributed by atoms with Crippen molar-refractivity contribution in [2.75, 3.05) is 7.11 Å². The van der Waals surface area contributed by atoms with Crippen molar-refractivity contribution in [2.24, 2.45) is 0 Å². The molecule has 0 amide bonds. The number of halogens is 3. The summed E-state index contributed by atoms with van der Waals surface area (Å²) in [5.41, 5.74) is 1.06. The van der Waals surface area contributed by atoms with Crippen LogP contribution in [0, 0.1) is 0 Å². The van der Waals surface area contributed by atoms with Crippen molar-refractivity contribution >= 4 is 50.0 Å². The zero-order valence-corrected chi connectivity index (χ0v) is 11.9. The molecule has 1 aromatic heterocycles. The molecule has 0 aliphatic rings. The molecule has 0 atom stereocenters. The average Bonchev–Trinajstić information content (AvgIpc) is 2.29. The van der Waals surface area contributed by atoms with E-state index in [1.165, 1.54) is 6.07 Å². The van der Waals surface area contributed by atoms with Crippen molar-refractivity contribution in [1.82, 2.24) is 4.98 Å². The summed E-state index contributed by atoms with van der Waals surface area (Å²) in [4.78, 5) is 14.9. The van der Waals surface area contributed by atoms with E-state index in [4.69, 9.17) is 27.9 Å². The Morgan fingerprint density at radius 2 is 2.06 bits per heavy atom. The predicted octanol–water partition coefficient (Wildman–Crippen LogP) is 3.74. The van der Waals surface area contributed by atoms with E-state index in [1.807, 2.05) is 0 Å². The van der Waals surface area contributed by atoms with Crippen LogP contribution in [0.1, 0.15) is 5.69 Å². The number of hydrogen-bond acceptors (Lipinski definition) is 2. The number of rotatable bonds is 2. The monoisotopic (exact) mass is 335 g/mol. The van der Waals surface area contributed by atoms with Gasteiger partial charge in [0.1, 0.15) is 0 Å². The topological polar surface area (TPSA) is 42.1 Å². The molecule has 0 fully saturated rings. The quantitative estimate of drug-likeness (QED) is 0.849. The minimum absolute atomic E-state index is 0.120. The lowest BCUT2D eigenvalue weighted by Gasteiger charge is -2.07. The molecule has 0 radical (unpaired) electrons. The second-order valence-electron chi connectivity index (χ2n) is 3.50. The van der Waals surface area contributed by atoms with Gasteiger partial charge < -0.3 is 9.72 Å². The molecule has 1 N–H and O–H groups in total. The summed E-state index contributed by atoms with van der Waals surface area (Å²) in [6, 6.07) is 3.14. The number of benzene rings is 1. The predicted molar refractivity (Wildman–Crippen MR) is 73.0 cm³/mol. The van der Waals surface area contributed by atoms with Gasteiger partial charge in [-0.05, 0) is 22.0 Å². The second kappa shape index (κ2) is 4.98. The van der Waals surface area contributed by atoms with Gasteiger partial charge >= 0.3 is 0 Å². The van der Waals surface area contributed by atoms with Gasteiger partial charge in [-0.3, -0.25) is 4.79 Å². The van der Waals surface area contributed by atoms with Gasteiger partial charge in [-0.15, -0.1) is 0 Å². The highest BCUT2D eigenvalue weighted by atomic mass is 79.9. The molecule has 0 bridgehead atoms. The molecular weight excluding hydrogens is 329 g/mol. The first kappa shape index (κ1) is 12.9. The molecule has 0 saturated carbocycles. The molecule has 0 aliphatic heterocycles. The average molecular weight is 337 g/mol. The standard InChI is InChI=1S/C11H8BrCl2NO2/c1-17-4-5-2-8(16)6-3-7(12)9(13)10(14)11(6)15-5/h2-3H,4H2,1H3,(H,15,16). The lowest BCUT2D eigenvalue weighted by molar-refractivity contribution is 0.181. The molecule has 90 valence electrons. The highest BCUT2D eigenvalue weighted by Gasteiger charge is 2.12. The first-order valence-corrected chi connectivity index (χ1v) is 6.28. The molecule has 6 heteroatoms. The van der Waals surface area contributed by atoms with Crippen LogP contribution >= 0.6 is 39.1 Å². The third kappa shape index (κ3) is 2.36. The number of aromatic amines is 1. The Morgan fingerprint density at radius 3 is 2.71 bits per heavy atom. The van der Waals surface area contributed by atoms with E-state index >= 15 is 0 Å². The van der Waals surface area contributed by atoms with Crippen LogP contribution in [0.25, 0.3) is 10.9 Å². The van der Waals surface area contributed by atoms with E-state index in [-0.39, 0.29) is 5.43 Å². The minimum atomic E-state index is -0.120. The molecule has 1 heterocycles. The maximum atomic E-state index is 11.9. The van der Waals surface area contributed by atoms with Gasteiger partial charge in [-0.1, -0.05) is 23.2 Å². The fraction of sp³-hybridized carbons (Fsp3) is 0.182. The maximum absolute atomic E-state index is 11.9. The van der Waals surface area contributed by atoms with Crippen molar-refractivity contribution in [3.63, 3.8) is 0 Å². The number of hydrogen-bond donors (Lipinski definition) is 1. The Bertz CT molecular complexity index is 639. The van der Waals surface area contributed by atoms with E-state index in [0.29, 0.717) is 37.7 Å². The van der Waals surface area contributed by atoms with Gasteiger partial charge in [-0.25, -0.2) is 0 Å². The smallest absolute Gasteiger partial charge is 0.189 e. The zero-order chi connectivity index (χ0) is 12.6. The van der Waals surface area contributed by atoms with Crippen LogP contribution in [0.4, 0.5) is 0 Å². The maximum Gasteiger partial charge on any atom is 0.189 e. The van der Waals surface area contributed by atoms with Crippen molar-refractivity contribution in [3.8, 4) is 0 Å². The summed E-state index contributed by atoms with van der Waals surface area (Å²) < 4.78 is 5.57. The lowest BCUT2D eigenvalue weighted by Crippen LogP contribution is -2.06. The van der Waals surface area contributed by atoms with Crippen LogP contribution in [0.3, 0.4) is 0 Å². The molecule has 17 heavy (non-hydrogen) atoms. The highest BCUT2D eigenvalue weighted by Crippen LogP contribution is 2.35. The van der Waals surface area contributed by atoms with Crippen LogP contribution in [0.2, 0.25) is 10.0 Å². The number of ether oxygens (including phenoxy) is 1. The van der Waals surface area contributed by atoms with E-state index in [1.54, 1.807) is 13.2 Å². The van der Waals surface area contributed by atoms with Gasteiger partial charge in [0.25, 0.3) is 0 Å². The Morgan fingerprint density at radius 1 is 1.35 bits per heavy atom. The molecule has 0 saturated heterocycles. The largest absolute Gasteiger partial charge is 0.378 e. The van der Waals surface area contributed by atoms with Crippen molar-refractivity contribution in [3.05, 3.63) is 42.6 Å². The normalized spacial score (nSPS) is 11.1. The third-order valence-electron chi connectivity index (χ3n) is 2.32. The number of pyridine rings is 1. The zero-order valence-electron chi connectivity index (χ0n) is 8.81. The van der Waals surface area contributed by atoms with Gasteiger partial charge in [0.05, 0.1) is 22.2 Å². The summed E-state index contributed by atoms with van der Waals surface area (Å²) in [6.45, 7) is 0.315. The number of fused-ring (bicyclic) bond motifs is 1. The Labute approximate surface area is 116 Å². The van der Waals surface area contributed by atoms with Gasteiger partial charge in [0.2, 0.25) is 0 Å². The molecule has 0 unspecified atom stereocenters. The molecule has 3 nitrogen and oxygen atoms in total. The van der Waals surface area contributed by atoms with Crippen LogP contribution < -0.4 is 5.43 Å². The fourth-order valence-corrected chi connectivity index (χ4v) is 2.52. The Hall–Kier alpha value is -0.550. The fourth-order valence-electron chi connectivity index (χ4n) is 1.58. The van der Waals surface area contributed by atoms with Crippen LogP contribution in [-0.4, -0.2) is 12.1 Å². The third-order valence-corrected chi connectivity index (χ3v) is 4.04. The first-order chi connectivity index (χ1) is 8.04. The number of methoxy groups -OCH3 is 1. The van der Waals surface area contributed by atoms with Crippen molar-refractivity contribution in [2.45, 2.75) is 6.61 Å². The Kier molecular flexibility index (Phi) is 3.78. The van der Waals surface area contributed by atoms with Crippen molar-refractivity contribution in [1.29, 1.82) is 0 Å². The van der Waals surface area contributed by atoms with E-state index < -0.39 is 0 Å². The first-order valence-electron chi connectivity index (χ1n) is 4.73. The minimum Gasteiger partial charge on any atom is -0.378 e. The SMILES string of the molecule is COCc1cc(=O)c2cc(Br)c(Cl)c(Cl)c2[nH]1. The number of nitrogens with one attached hydrogen (secondary N) is 1. The molecular formula is C11H8BrCl2NO2. The van der Waals surface area contributed by atoms with Gasteiger partial charge in [0, 0.05) is 28.7 Å². The summed E-state index contributed by atoms with van der Waals surface area (Å²) in [6.07, 6.45) is 0.